The van der Waals surface area contributed by atoms with Crippen molar-refractivity contribution < 1.29 is 0 Å². The van der Waals surface area contributed by atoms with Crippen LogP contribution >= 0.6 is 0 Å². The van der Waals surface area contributed by atoms with Crippen LogP contribution in [0.5, 0.6) is 0 Å². The second-order valence-corrected chi connectivity index (χ2v) is 4.42. The molecule has 0 radical (unpaired) electrons. The Morgan fingerprint density at radius 3 is 3.00 bits per heavy atom. The van der Waals surface area contributed by atoms with E-state index >= 15 is 0 Å². The maximum Gasteiger partial charge on any atom is 0.208 e. The zero-order chi connectivity index (χ0) is 13.2. The Labute approximate surface area is 111 Å². The minimum Gasteiger partial charge on any atom is -0.331 e. The lowest BCUT2D eigenvalue weighted by Gasteiger charge is -2.22. The van der Waals surface area contributed by atoms with Crippen LogP contribution in [0.15, 0.2) is 30.7 Å². The molecule has 19 heavy (non-hydrogen) atoms. The number of hydrogen-bond donors (Lipinski definition) is 1. The van der Waals surface area contributed by atoms with E-state index in [1.807, 2.05) is 29.8 Å². The van der Waals surface area contributed by atoms with Crippen LogP contribution in [0, 0.1) is 6.92 Å². The first-order chi connectivity index (χ1) is 9.29. The van der Waals surface area contributed by atoms with Gasteiger partial charge in [0.05, 0.1) is 6.20 Å². The van der Waals surface area contributed by atoms with Crippen molar-refractivity contribution in [3.63, 3.8) is 0 Å². The van der Waals surface area contributed by atoms with E-state index in [4.69, 9.17) is 0 Å². The van der Waals surface area contributed by atoms with Gasteiger partial charge in [-0.3, -0.25) is 4.90 Å². The summed E-state index contributed by atoms with van der Waals surface area (Å²) in [6.07, 6.45) is 6.36. The maximum absolute atomic E-state index is 4.46. The number of rotatable bonds is 4. The van der Waals surface area contributed by atoms with E-state index in [-0.39, 0.29) is 0 Å². The number of anilines is 2. The van der Waals surface area contributed by atoms with Gasteiger partial charge in [0.2, 0.25) is 5.95 Å². The van der Waals surface area contributed by atoms with E-state index in [0.29, 0.717) is 0 Å². The lowest BCUT2D eigenvalue weighted by Crippen LogP contribution is -2.22. The van der Waals surface area contributed by atoms with Crippen LogP contribution in [0.4, 0.5) is 11.8 Å². The predicted molar refractivity (Wildman–Crippen MR) is 73.6 cm³/mol. The SMILES string of the molecule is CCCN(c1ncc[nH]1)c1cc(C)nc2ccnn12. The average molecular weight is 256 g/mol. The first-order valence-electron chi connectivity index (χ1n) is 6.38. The van der Waals surface area contributed by atoms with E-state index in [1.165, 1.54) is 0 Å². The fourth-order valence-electron chi connectivity index (χ4n) is 2.17. The fraction of sp³-hybridized carbons (Fsp3) is 0.308. The average Bonchev–Trinajstić information content (AvgIpc) is 3.05. The minimum atomic E-state index is 0.823. The number of aromatic amines is 1. The van der Waals surface area contributed by atoms with Crippen LogP contribution < -0.4 is 4.90 Å². The summed E-state index contributed by atoms with van der Waals surface area (Å²) in [5.41, 5.74) is 1.82. The van der Waals surface area contributed by atoms with Gasteiger partial charge in [-0.15, -0.1) is 0 Å². The van der Waals surface area contributed by atoms with Crippen molar-refractivity contribution in [2.75, 3.05) is 11.4 Å². The Morgan fingerprint density at radius 1 is 1.37 bits per heavy atom. The van der Waals surface area contributed by atoms with Crippen LogP contribution in [-0.2, 0) is 0 Å². The molecule has 0 aliphatic heterocycles. The summed E-state index contributed by atoms with van der Waals surface area (Å²) in [7, 11) is 0. The number of H-pyrrole nitrogens is 1. The van der Waals surface area contributed by atoms with Crippen LogP contribution in [0.1, 0.15) is 19.0 Å². The Bertz CT molecular complexity index is 670. The summed E-state index contributed by atoms with van der Waals surface area (Å²) >= 11 is 0. The van der Waals surface area contributed by atoms with Crippen LogP contribution in [0.2, 0.25) is 0 Å². The van der Waals surface area contributed by atoms with Gasteiger partial charge in [0.15, 0.2) is 5.65 Å². The molecule has 0 unspecified atom stereocenters. The molecule has 3 aromatic rings. The predicted octanol–water partition coefficient (Wildman–Crippen LogP) is 2.31. The number of aryl methyl sites for hydroxylation is 1. The highest BCUT2D eigenvalue weighted by atomic mass is 15.4. The molecule has 6 nitrogen and oxygen atoms in total. The molecule has 3 heterocycles. The Hall–Kier alpha value is -2.37. The summed E-state index contributed by atoms with van der Waals surface area (Å²) in [5.74, 6) is 1.80. The Kier molecular flexibility index (Phi) is 2.91. The molecule has 6 heteroatoms. The first-order valence-corrected chi connectivity index (χ1v) is 6.38. The maximum atomic E-state index is 4.46. The van der Waals surface area contributed by atoms with Crippen molar-refractivity contribution in [3.05, 3.63) is 36.4 Å². The molecular weight excluding hydrogens is 240 g/mol. The molecule has 0 spiro atoms. The van der Waals surface area contributed by atoms with Crippen molar-refractivity contribution in [1.82, 2.24) is 24.6 Å². The molecule has 0 atom stereocenters. The number of aromatic nitrogens is 5. The van der Waals surface area contributed by atoms with Gasteiger partial charge in [-0.05, 0) is 13.3 Å². The highest BCUT2D eigenvalue weighted by molar-refractivity contribution is 5.57. The Balaban J connectivity index is 2.17. The quantitative estimate of drug-likeness (QED) is 0.778. The monoisotopic (exact) mass is 256 g/mol. The molecule has 0 aliphatic carbocycles. The molecule has 0 aromatic carbocycles. The highest BCUT2D eigenvalue weighted by Crippen LogP contribution is 2.23. The molecule has 0 amide bonds. The highest BCUT2D eigenvalue weighted by Gasteiger charge is 2.15. The number of fused-ring (bicyclic) bond motifs is 1. The van der Waals surface area contributed by atoms with E-state index in [2.05, 4.69) is 31.9 Å². The molecule has 0 fully saturated rings. The third kappa shape index (κ3) is 2.05. The molecule has 3 aromatic heterocycles. The third-order valence-corrected chi connectivity index (χ3v) is 2.93. The van der Waals surface area contributed by atoms with Crippen molar-refractivity contribution in [1.29, 1.82) is 0 Å². The molecule has 0 saturated heterocycles. The van der Waals surface area contributed by atoms with E-state index in [9.17, 15) is 0 Å². The molecule has 1 N–H and O–H groups in total. The lowest BCUT2D eigenvalue weighted by atomic mass is 10.3. The van der Waals surface area contributed by atoms with Gasteiger partial charge in [-0.1, -0.05) is 6.92 Å². The van der Waals surface area contributed by atoms with Crippen molar-refractivity contribution in [3.8, 4) is 0 Å². The molecule has 0 saturated carbocycles. The van der Waals surface area contributed by atoms with Gasteiger partial charge < -0.3 is 4.98 Å². The second kappa shape index (κ2) is 4.72. The second-order valence-electron chi connectivity index (χ2n) is 4.42. The van der Waals surface area contributed by atoms with Gasteiger partial charge in [0.1, 0.15) is 5.82 Å². The molecule has 3 rings (SSSR count). The van der Waals surface area contributed by atoms with Crippen molar-refractivity contribution in [2.24, 2.45) is 0 Å². The van der Waals surface area contributed by atoms with Crippen LogP contribution in [0.3, 0.4) is 0 Å². The number of hydrogen-bond acceptors (Lipinski definition) is 4. The summed E-state index contributed by atoms with van der Waals surface area (Å²) in [6, 6.07) is 3.93. The molecule has 98 valence electrons. The van der Waals surface area contributed by atoms with E-state index < -0.39 is 0 Å². The third-order valence-electron chi connectivity index (χ3n) is 2.93. The summed E-state index contributed by atoms with van der Waals surface area (Å²) < 4.78 is 1.84. The lowest BCUT2D eigenvalue weighted by molar-refractivity contribution is 0.808. The Morgan fingerprint density at radius 2 is 2.26 bits per heavy atom. The van der Waals surface area contributed by atoms with Gasteiger partial charge >= 0.3 is 0 Å². The molecular formula is C13H16N6. The van der Waals surface area contributed by atoms with Crippen LogP contribution in [-0.4, -0.2) is 31.1 Å². The van der Waals surface area contributed by atoms with Crippen LogP contribution in [0.25, 0.3) is 5.65 Å². The number of nitrogens with one attached hydrogen (secondary N) is 1. The zero-order valence-electron chi connectivity index (χ0n) is 11.0. The van der Waals surface area contributed by atoms with E-state index in [0.717, 1.165) is 36.1 Å². The van der Waals surface area contributed by atoms with E-state index in [1.54, 1.807) is 12.4 Å². The summed E-state index contributed by atoms with van der Waals surface area (Å²) in [6.45, 7) is 5.00. The van der Waals surface area contributed by atoms with Gasteiger partial charge in [-0.25, -0.2) is 9.97 Å². The largest absolute Gasteiger partial charge is 0.331 e. The number of imidazole rings is 1. The smallest absolute Gasteiger partial charge is 0.208 e. The van der Waals surface area contributed by atoms with Crippen molar-refractivity contribution >= 4 is 17.4 Å². The first kappa shape index (κ1) is 11.7. The fourth-order valence-corrected chi connectivity index (χ4v) is 2.17. The topological polar surface area (TPSA) is 62.1 Å². The number of nitrogens with zero attached hydrogens (tertiary/aromatic N) is 5. The summed E-state index contributed by atoms with van der Waals surface area (Å²) in [4.78, 5) is 14.1. The zero-order valence-corrected chi connectivity index (χ0v) is 11.0. The van der Waals surface area contributed by atoms with Gasteiger partial charge in [0, 0.05) is 36.8 Å². The molecule has 0 aliphatic rings. The van der Waals surface area contributed by atoms with Gasteiger partial charge in [0.25, 0.3) is 0 Å². The normalized spacial score (nSPS) is 11.1. The van der Waals surface area contributed by atoms with Crippen molar-refractivity contribution in [2.45, 2.75) is 20.3 Å². The van der Waals surface area contributed by atoms with Gasteiger partial charge in [-0.2, -0.15) is 9.61 Å². The summed E-state index contributed by atoms with van der Waals surface area (Å²) in [5, 5.41) is 4.34. The molecule has 0 bridgehead atoms. The standard InChI is InChI=1S/C13H16N6/c1-3-8-18(13-14-6-7-15-13)12-9-10(2)17-11-4-5-16-19(11)12/h4-7,9H,3,8H2,1-2H3,(H,14,15). The minimum absolute atomic E-state index is 0.823.